The first-order chi connectivity index (χ1) is 10.5. The minimum atomic E-state index is -0.530. The van der Waals surface area contributed by atoms with Gasteiger partial charge < -0.3 is 15.7 Å². The number of aryl methyl sites for hydroxylation is 2. The Morgan fingerprint density at radius 1 is 1.45 bits per heavy atom. The van der Waals surface area contributed by atoms with Crippen LogP contribution < -0.4 is 10.6 Å². The molecule has 1 aromatic heterocycles. The number of benzene rings is 1. The van der Waals surface area contributed by atoms with Gasteiger partial charge in [-0.1, -0.05) is 0 Å². The molecule has 0 aliphatic carbocycles. The molecule has 112 valence electrons. The number of phenolic OH excluding ortho intramolecular Hbond substituents is 1. The lowest BCUT2D eigenvalue weighted by molar-refractivity contribution is -0.112. The largest absolute Gasteiger partial charge is 0.508 e. The number of nitrogens with one attached hydrogen (secondary N) is 2. The average Bonchev–Trinajstić information content (AvgIpc) is 2.88. The van der Waals surface area contributed by atoms with Crippen molar-refractivity contribution in [3.63, 3.8) is 0 Å². The molecule has 1 heterocycles. The second-order valence-corrected chi connectivity index (χ2v) is 5.42. The number of carbonyl (C=O) groups excluding carboxylic acids is 1. The molecule has 0 atom stereocenters. The highest BCUT2D eigenvalue weighted by atomic mass is 32.1. The molecular weight excluding hydrogens is 300 g/mol. The maximum absolute atomic E-state index is 12.1. The normalized spacial score (nSPS) is 10.9. The molecule has 1 aromatic carbocycles. The highest BCUT2D eigenvalue weighted by Gasteiger charge is 2.11. The first-order valence-electron chi connectivity index (χ1n) is 6.39. The Kier molecular flexibility index (Phi) is 4.76. The molecule has 0 spiro atoms. The van der Waals surface area contributed by atoms with Crippen LogP contribution >= 0.6 is 11.3 Å². The molecule has 2 rings (SSSR count). The molecule has 0 aliphatic rings. The van der Waals surface area contributed by atoms with Crippen LogP contribution in [0.3, 0.4) is 0 Å². The SMILES string of the molecule is Cc1csc(N/C=C(/C#N)C(=O)Nc2ccc(O)cc2C)n1. The number of phenols is 1. The van der Waals surface area contributed by atoms with Gasteiger partial charge in [0.25, 0.3) is 5.91 Å². The smallest absolute Gasteiger partial charge is 0.267 e. The average molecular weight is 314 g/mol. The lowest BCUT2D eigenvalue weighted by Crippen LogP contribution is -2.15. The highest BCUT2D eigenvalue weighted by Crippen LogP contribution is 2.20. The molecule has 0 aliphatic heterocycles. The third-order valence-corrected chi connectivity index (χ3v) is 3.67. The van der Waals surface area contributed by atoms with E-state index < -0.39 is 5.91 Å². The van der Waals surface area contributed by atoms with E-state index in [2.05, 4.69) is 15.6 Å². The zero-order valence-electron chi connectivity index (χ0n) is 12.0. The summed E-state index contributed by atoms with van der Waals surface area (Å²) in [4.78, 5) is 16.3. The summed E-state index contributed by atoms with van der Waals surface area (Å²) in [7, 11) is 0. The summed E-state index contributed by atoms with van der Waals surface area (Å²) in [5.74, 6) is -0.413. The number of nitrogens with zero attached hydrogens (tertiary/aromatic N) is 2. The summed E-state index contributed by atoms with van der Waals surface area (Å²) < 4.78 is 0. The monoisotopic (exact) mass is 314 g/mol. The van der Waals surface area contributed by atoms with Crippen LogP contribution in [0.15, 0.2) is 35.4 Å². The lowest BCUT2D eigenvalue weighted by Gasteiger charge is -2.08. The van der Waals surface area contributed by atoms with Gasteiger partial charge in [0.15, 0.2) is 5.13 Å². The summed E-state index contributed by atoms with van der Waals surface area (Å²) in [6.45, 7) is 3.61. The summed E-state index contributed by atoms with van der Waals surface area (Å²) >= 11 is 1.39. The maximum Gasteiger partial charge on any atom is 0.267 e. The minimum Gasteiger partial charge on any atom is -0.508 e. The van der Waals surface area contributed by atoms with Crippen molar-refractivity contribution in [1.82, 2.24) is 4.98 Å². The van der Waals surface area contributed by atoms with Crippen LogP contribution in [0.25, 0.3) is 0 Å². The van der Waals surface area contributed by atoms with Crippen molar-refractivity contribution < 1.29 is 9.90 Å². The Balaban J connectivity index is 2.10. The van der Waals surface area contributed by atoms with Crippen LogP contribution in [0.2, 0.25) is 0 Å². The Morgan fingerprint density at radius 3 is 2.82 bits per heavy atom. The van der Waals surface area contributed by atoms with Crippen LogP contribution in [0.4, 0.5) is 10.8 Å². The van der Waals surface area contributed by atoms with Crippen molar-refractivity contribution in [2.45, 2.75) is 13.8 Å². The Bertz CT molecular complexity index is 774. The van der Waals surface area contributed by atoms with E-state index in [0.717, 1.165) is 5.69 Å². The lowest BCUT2D eigenvalue weighted by atomic mass is 10.2. The summed E-state index contributed by atoms with van der Waals surface area (Å²) in [5, 5.41) is 26.4. The van der Waals surface area contributed by atoms with Crippen molar-refractivity contribution >= 4 is 28.1 Å². The zero-order chi connectivity index (χ0) is 16.1. The third kappa shape index (κ3) is 3.84. The molecule has 0 saturated carbocycles. The van der Waals surface area contributed by atoms with Crippen LogP contribution in [0, 0.1) is 25.2 Å². The predicted molar refractivity (Wildman–Crippen MR) is 85.6 cm³/mol. The molecule has 22 heavy (non-hydrogen) atoms. The number of aromatic hydroxyl groups is 1. The number of hydrogen-bond acceptors (Lipinski definition) is 6. The Hall–Kier alpha value is -2.85. The van der Waals surface area contributed by atoms with Crippen LogP contribution in [0.1, 0.15) is 11.3 Å². The van der Waals surface area contributed by atoms with Gasteiger partial charge in [-0.15, -0.1) is 11.3 Å². The maximum atomic E-state index is 12.1. The molecule has 2 aromatic rings. The molecule has 0 unspecified atom stereocenters. The van der Waals surface area contributed by atoms with Gasteiger partial charge in [-0.2, -0.15) is 5.26 Å². The summed E-state index contributed by atoms with van der Waals surface area (Å²) in [5.41, 5.74) is 2.03. The van der Waals surface area contributed by atoms with Crippen molar-refractivity contribution in [3.8, 4) is 11.8 Å². The van der Waals surface area contributed by atoms with Crippen molar-refractivity contribution in [3.05, 3.63) is 46.6 Å². The van der Waals surface area contributed by atoms with Crippen LogP contribution in [-0.4, -0.2) is 16.0 Å². The van der Waals surface area contributed by atoms with E-state index in [1.54, 1.807) is 13.0 Å². The number of hydrogen-bond donors (Lipinski definition) is 3. The van der Waals surface area contributed by atoms with Gasteiger partial charge in [0.1, 0.15) is 17.4 Å². The van der Waals surface area contributed by atoms with Crippen LogP contribution in [0.5, 0.6) is 5.75 Å². The first kappa shape index (κ1) is 15.5. The fraction of sp³-hybridized carbons (Fsp3) is 0.133. The van der Waals surface area contributed by atoms with Gasteiger partial charge in [-0.25, -0.2) is 4.98 Å². The van der Waals surface area contributed by atoms with Gasteiger partial charge in [0, 0.05) is 17.3 Å². The number of carbonyl (C=O) groups is 1. The molecule has 0 radical (unpaired) electrons. The number of nitriles is 1. The minimum absolute atomic E-state index is 0.0691. The summed E-state index contributed by atoms with van der Waals surface area (Å²) in [6.07, 6.45) is 1.32. The van der Waals surface area contributed by atoms with E-state index >= 15 is 0 Å². The quantitative estimate of drug-likeness (QED) is 0.458. The number of aromatic nitrogens is 1. The number of rotatable bonds is 4. The molecule has 3 N–H and O–H groups in total. The van der Waals surface area contributed by atoms with Gasteiger partial charge in [-0.3, -0.25) is 4.79 Å². The second-order valence-electron chi connectivity index (χ2n) is 4.56. The molecule has 0 bridgehead atoms. The first-order valence-corrected chi connectivity index (χ1v) is 7.27. The summed E-state index contributed by atoms with van der Waals surface area (Å²) in [6, 6.07) is 6.42. The standard InChI is InChI=1S/C15H14N4O2S/c1-9-5-12(20)3-4-13(9)19-14(21)11(6-16)7-17-15-18-10(2)8-22-15/h3-5,7-8,20H,1-2H3,(H,17,18)(H,19,21)/b11-7-. The molecule has 0 fully saturated rings. The van der Waals surface area contributed by atoms with Crippen molar-refractivity contribution in [2.24, 2.45) is 0 Å². The van der Waals surface area contributed by atoms with Crippen molar-refractivity contribution in [2.75, 3.05) is 10.6 Å². The Morgan fingerprint density at radius 2 is 2.23 bits per heavy atom. The van der Waals surface area contributed by atoms with E-state index in [4.69, 9.17) is 5.26 Å². The molecule has 0 saturated heterocycles. The highest BCUT2D eigenvalue weighted by molar-refractivity contribution is 7.13. The van der Waals surface area contributed by atoms with E-state index in [9.17, 15) is 9.90 Å². The van der Waals surface area contributed by atoms with Gasteiger partial charge in [-0.05, 0) is 37.6 Å². The predicted octanol–water partition coefficient (Wildman–Crippen LogP) is 2.92. The molecule has 1 amide bonds. The van der Waals surface area contributed by atoms with Crippen molar-refractivity contribution in [1.29, 1.82) is 5.26 Å². The Labute approximate surface area is 131 Å². The zero-order valence-corrected chi connectivity index (χ0v) is 12.9. The van der Waals surface area contributed by atoms with Crippen LogP contribution in [-0.2, 0) is 4.79 Å². The molecular formula is C15H14N4O2S. The number of amides is 1. The molecule has 7 heteroatoms. The van der Waals surface area contributed by atoms with Gasteiger partial charge >= 0.3 is 0 Å². The van der Waals surface area contributed by atoms with E-state index in [-0.39, 0.29) is 11.3 Å². The fourth-order valence-corrected chi connectivity index (χ4v) is 2.34. The third-order valence-electron chi connectivity index (χ3n) is 2.78. The van der Waals surface area contributed by atoms with E-state index in [1.165, 1.54) is 29.7 Å². The number of anilines is 2. The van der Waals surface area contributed by atoms with E-state index in [1.807, 2.05) is 18.4 Å². The van der Waals surface area contributed by atoms with E-state index in [0.29, 0.717) is 16.4 Å². The number of thiazole rings is 1. The van der Waals surface area contributed by atoms with Gasteiger partial charge in [0.05, 0.1) is 5.69 Å². The topological polar surface area (TPSA) is 98.0 Å². The van der Waals surface area contributed by atoms with Gasteiger partial charge in [0.2, 0.25) is 0 Å². The second kappa shape index (κ2) is 6.74. The fourth-order valence-electron chi connectivity index (χ4n) is 1.68. The molecule has 6 nitrogen and oxygen atoms in total.